The molecule has 0 amide bonds. The van der Waals surface area contributed by atoms with Crippen molar-refractivity contribution in [2.45, 2.75) is 19.9 Å². The van der Waals surface area contributed by atoms with E-state index < -0.39 is 16.6 Å². The lowest BCUT2D eigenvalue weighted by molar-refractivity contribution is 0.582. The summed E-state index contributed by atoms with van der Waals surface area (Å²) in [5, 5.41) is 3.34. The molecule has 1 rings (SSSR count). The van der Waals surface area contributed by atoms with Gasteiger partial charge in [0.2, 0.25) is 0 Å². The van der Waals surface area contributed by atoms with Gasteiger partial charge in [-0.05, 0) is 24.6 Å². The van der Waals surface area contributed by atoms with Crippen LogP contribution in [0.1, 0.15) is 25.5 Å². The molecule has 17 heavy (non-hydrogen) atoms. The first-order valence-electron chi connectivity index (χ1n) is 5.58. The maximum absolute atomic E-state index is 13.2. The van der Waals surface area contributed by atoms with Crippen LogP contribution >= 0.6 is 11.6 Å². The van der Waals surface area contributed by atoms with E-state index in [2.05, 4.69) is 5.32 Å². The normalized spacial score (nSPS) is 14.6. The lowest BCUT2D eigenvalue weighted by Crippen LogP contribution is -2.24. The van der Waals surface area contributed by atoms with Crippen LogP contribution in [0.15, 0.2) is 18.2 Å². The molecular formula is C12H17ClFNOS. The second-order valence-electron chi connectivity index (χ2n) is 3.78. The van der Waals surface area contributed by atoms with Crippen molar-refractivity contribution in [1.29, 1.82) is 0 Å². The van der Waals surface area contributed by atoms with Crippen LogP contribution in [0.5, 0.6) is 0 Å². The van der Waals surface area contributed by atoms with Crippen LogP contribution in [0.4, 0.5) is 4.39 Å². The quantitative estimate of drug-likeness (QED) is 0.866. The predicted octanol–water partition coefficient (Wildman–Crippen LogP) is 2.90. The van der Waals surface area contributed by atoms with Gasteiger partial charge >= 0.3 is 0 Å². The Kier molecular flexibility index (Phi) is 6.09. The average Bonchev–Trinajstić information content (AvgIpc) is 2.32. The van der Waals surface area contributed by atoms with Gasteiger partial charge in [-0.3, -0.25) is 4.21 Å². The summed E-state index contributed by atoms with van der Waals surface area (Å²) in [6, 6.07) is 4.79. The van der Waals surface area contributed by atoms with Gasteiger partial charge < -0.3 is 5.32 Å². The highest BCUT2D eigenvalue weighted by Crippen LogP contribution is 2.19. The molecule has 96 valence electrons. The summed E-state index contributed by atoms with van der Waals surface area (Å²) in [6.45, 7) is 4.50. The van der Waals surface area contributed by atoms with Gasteiger partial charge in [-0.25, -0.2) is 4.39 Å². The second-order valence-corrected chi connectivity index (χ2v) is 6.05. The smallest absolute Gasteiger partial charge is 0.142 e. The van der Waals surface area contributed by atoms with E-state index in [1.165, 1.54) is 6.07 Å². The highest BCUT2D eigenvalue weighted by atomic mass is 35.5. The summed E-state index contributed by atoms with van der Waals surface area (Å²) < 4.78 is 24.5. The van der Waals surface area contributed by atoms with Crippen LogP contribution in [0.25, 0.3) is 0 Å². The van der Waals surface area contributed by atoms with E-state index in [-0.39, 0.29) is 11.1 Å². The number of hydrogen-bond acceptors (Lipinski definition) is 2. The van der Waals surface area contributed by atoms with Crippen molar-refractivity contribution < 1.29 is 8.60 Å². The first-order chi connectivity index (χ1) is 8.04. The summed E-state index contributed by atoms with van der Waals surface area (Å²) >= 11 is 5.61. The van der Waals surface area contributed by atoms with Crippen LogP contribution in [0.2, 0.25) is 5.02 Å². The fourth-order valence-corrected chi connectivity index (χ4v) is 2.18. The zero-order valence-electron chi connectivity index (χ0n) is 10.0. The summed E-state index contributed by atoms with van der Waals surface area (Å²) in [6.07, 6.45) is 0. The predicted molar refractivity (Wildman–Crippen MR) is 71.4 cm³/mol. The number of nitrogens with one attached hydrogen (secondary N) is 1. The van der Waals surface area contributed by atoms with E-state index in [1.807, 2.05) is 13.8 Å². The molecule has 2 atom stereocenters. The Hall–Kier alpha value is -0.450. The Labute approximate surface area is 109 Å². The third kappa shape index (κ3) is 4.74. The molecule has 1 N–H and O–H groups in total. The van der Waals surface area contributed by atoms with Crippen molar-refractivity contribution in [3.05, 3.63) is 34.6 Å². The first kappa shape index (κ1) is 14.6. The largest absolute Gasteiger partial charge is 0.309 e. The van der Waals surface area contributed by atoms with E-state index in [0.717, 1.165) is 5.56 Å². The molecule has 0 saturated heterocycles. The molecule has 0 heterocycles. The zero-order chi connectivity index (χ0) is 12.8. The Bertz CT molecular complexity index is 400. The summed E-state index contributed by atoms with van der Waals surface area (Å²) in [5.74, 6) is 0.887. The van der Waals surface area contributed by atoms with Crippen molar-refractivity contribution in [3.8, 4) is 0 Å². The molecule has 5 heteroatoms. The summed E-state index contributed by atoms with van der Waals surface area (Å²) in [5.41, 5.74) is 0.842. The van der Waals surface area contributed by atoms with Gasteiger partial charge in [0.15, 0.2) is 0 Å². The molecule has 0 bridgehead atoms. The Morgan fingerprint density at radius 1 is 1.53 bits per heavy atom. The lowest BCUT2D eigenvalue weighted by atomic mass is 10.1. The SMILES string of the molecule is CCS(=O)CCNC(C)c1ccc(Cl)c(F)c1. The minimum atomic E-state index is -0.766. The number of rotatable bonds is 6. The third-order valence-electron chi connectivity index (χ3n) is 2.55. The number of hydrogen-bond donors (Lipinski definition) is 1. The van der Waals surface area contributed by atoms with E-state index in [0.29, 0.717) is 18.1 Å². The molecule has 0 aliphatic carbocycles. The number of benzene rings is 1. The molecule has 0 aliphatic heterocycles. The molecule has 0 fully saturated rings. The van der Waals surface area contributed by atoms with Gasteiger partial charge in [0, 0.05) is 34.9 Å². The van der Waals surface area contributed by atoms with Gasteiger partial charge in [0.1, 0.15) is 5.82 Å². The van der Waals surface area contributed by atoms with Crippen LogP contribution < -0.4 is 5.32 Å². The van der Waals surface area contributed by atoms with Gasteiger partial charge in [-0.15, -0.1) is 0 Å². The summed E-state index contributed by atoms with van der Waals surface area (Å²) in [7, 11) is -0.766. The molecule has 2 unspecified atom stereocenters. The molecule has 0 spiro atoms. The third-order valence-corrected chi connectivity index (χ3v) is 4.16. The fourth-order valence-electron chi connectivity index (χ4n) is 1.43. The molecule has 0 radical (unpaired) electrons. The van der Waals surface area contributed by atoms with Crippen LogP contribution in [0.3, 0.4) is 0 Å². The maximum atomic E-state index is 13.2. The zero-order valence-corrected chi connectivity index (χ0v) is 11.6. The van der Waals surface area contributed by atoms with Crippen LogP contribution in [-0.2, 0) is 10.8 Å². The van der Waals surface area contributed by atoms with Crippen molar-refractivity contribution in [2.75, 3.05) is 18.1 Å². The van der Waals surface area contributed by atoms with E-state index in [9.17, 15) is 8.60 Å². The Morgan fingerprint density at radius 3 is 2.82 bits per heavy atom. The molecule has 2 nitrogen and oxygen atoms in total. The standard InChI is InChI=1S/C12H17ClFNOS/c1-3-17(16)7-6-15-9(2)10-4-5-11(13)12(14)8-10/h4-5,8-9,15H,3,6-7H2,1-2H3. The highest BCUT2D eigenvalue weighted by Gasteiger charge is 2.08. The minimum absolute atomic E-state index is 0.0237. The van der Waals surface area contributed by atoms with Crippen molar-refractivity contribution in [2.24, 2.45) is 0 Å². The van der Waals surface area contributed by atoms with Gasteiger partial charge in [-0.2, -0.15) is 0 Å². The second kappa shape index (κ2) is 7.09. The van der Waals surface area contributed by atoms with Crippen LogP contribution in [0, 0.1) is 5.82 Å². The van der Waals surface area contributed by atoms with E-state index in [4.69, 9.17) is 11.6 Å². The van der Waals surface area contributed by atoms with Crippen molar-refractivity contribution in [3.63, 3.8) is 0 Å². The molecule has 0 aromatic heterocycles. The lowest BCUT2D eigenvalue weighted by Gasteiger charge is -2.14. The van der Waals surface area contributed by atoms with Gasteiger partial charge in [-0.1, -0.05) is 24.6 Å². The topological polar surface area (TPSA) is 29.1 Å². The monoisotopic (exact) mass is 277 g/mol. The molecule has 1 aromatic carbocycles. The highest BCUT2D eigenvalue weighted by molar-refractivity contribution is 7.84. The number of halogens is 2. The van der Waals surface area contributed by atoms with Crippen LogP contribution in [-0.4, -0.2) is 22.3 Å². The van der Waals surface area contributed by atoms with Crippen molar-refractivity contribution >= 4 is 22.4 Å². The maximum Gasteiger partial charge on any atom is 0.142 e. The van der Waals surface area contributed by atoms with E-state index in [1.54, 1.807) is 12.1 Å². The molecule has 1 aromatic rings. The summed E-state index contributed by atoms with van der Waals surface area (Å²) in [4.78, 5) is 0. The molecular weight excluding hydrogens is 261 g/mol. The molecule has 0 saturated carbocycles. The van der Waals surface area contributed by atoms with Crippen molar-refractivity contribution in [1.82, 2.24) is 5.32 Å². The first-order valence-corrected chi connectivity index (χ1v) is 7.44. The average molecular weight is 278 g/mol. The van der Waals surface area contributed by atoms with Gasteiger partial charge in [0.05, 0.1) is 5.02 Å². The Balaban J connectivity index is 2.49. The Morgan fingerprint density at radius 2 is 2.24 bits per heavy atom. The fraction of sp³-hybridized carbons (Fsp3) is 0.500. The van der Waals surface area contributed by atoms with Gasteiger partial charge in [0.25, 0.3) is 0 Å². The van der Waals surface area contributed by atoms with E-state index >= 15 is 0 Å². The molecule has 0 aliphatic rings. The minimum Gasteiger partial charge on any atom is -0.309 e.